The van der Waals surface area contributed by atoms with E-state index in [1.165, 1.54) is 25.3 Å². The van der Waals surface area contributed by atoms with E-state index >= 15 is 0 Å². The van der Waals surface area contributed by atoms with Crippen LogP contribution < -0.4 is 10.2 Å². The molecule has 0 saturated heterocycles. The van der Waals surface area contributed by atoms with Crippen LogP contribution in [0.3, 0.4) is 0 Å². The van der Waals surface area contributed by atoms with Gasteiger partial charge in [0.1, 0.15) is 0 Å². The third kappa shape index (κ3) is 4.22. The Labute approximate surface area is 110 Å². The number of carbonyl (C=O) groups is 1. The minimum Gasteiger partial charge on any atom is -0.490 e. The molecule has 0 fully saturated rings. The molecule has 0 radical (unpaired) electrons. The van der Waals surface area contributed by atoms with Crippen molar-refractivity contribution in [3.8, 4) is 5.75 Å². The molecule has 0 atom stereocenters. The van der Waals surface area contributed by atoms with E-state index in [4.69, 9.17) is 9.57 Å². The maximum atomic E-state index is 11.7. The SMILES string of the molecule is COc1cc(C(=O)NOCC(C)C)ccc1[N+](=O)[O-]. The van der Waals surface area contributed by atoms with Gasteiger partial charge in [0.2, 0.25) is 0 Å². The molecule has 0 unspecified atom stereocenters. The Morgan fingerprint density at radius 2 is 2.16 bits per heavy atom. The fraction of sp³-hybridized carbons (Fsp3) is 0.417. The van der Waals surface area contributed by atoms with Gasteiger partial charge in [0.25, 0.3) is 5.91 Å². The first-order valence-corrected chi connectivity index (χ1v) is 5.70. The van der Waals surface area contributed by atoms with Gasteiger partial charge in [-0.1, -0.05) is 13.8 Å². The number of nitro groups is 1. The average Bonchev–Trinajstić information content (AvgIpc) is 2.37. The van der Waals surface area contributed by atoms with Gasteiger partial charge in [0, 0.05) is 17.7 Å². The summed E-state index contributed by atoms with van der Waals surface area (Å²) >= 11 is 0. The van der Waals surface area contributed by atoms with E-state index < -0.39 is 10.8 Å². The van der Waals surface area contributed by atoms with E-state index in [1.54, 1.807) is 0 Å². The van der Waals surface area contributed by atoms with Crippen molar-refractivity contribution in [1.82, 2.24) is 5.48 Å². The van der Waals surface area contributed by atoms with Crippen molar-refractivity contribution >= 4 is 11.6 Å². The molecule has 1 rings (SSSR count). The summed E-state index contributed by atoms with van der Waals surface area (Å²) in [7, 11) is 1.30. The second-order valence-corrected chi connectivity index (χ2v) is 4.28. The molecule has 1 N–H and O–H groups in total. The number of rotatable bonds is 6. The lowest BCUT2D eigenvalue weighted by atomic mass is 10.2. The highest BCUT2D eigenvalue weighted by Gasteiger charge is 2.17. The topological polar surface area (TPSA) is 90.7 Å². The number of methoxy groups -OCH3 is 1. The molecule has 0 bridgehead atoms. The third-order valence-electron chi connectivity index (χ3n) is 2.22. The first-order chi connectivity index (χ1) is 8.95. The Morgan fingerprint density at radius 3 is 2.68 bits per heavy atom. The molecule has 1 aromatic rings. The predicted molar refractivity (Wildman–Crippen MR) is 67.9 cm³/mol. The van der Waals surface area contributed by atoms with E-state index in [-0.39, 0.29) is 22.9 Å². The Balaban J connectivity index is 2.78. The number of hydroxylamine groups is 1. The summed E-state index contributed by atoms with van der Waals surface area (Å²) in [4.78, 5) is 26.8. The van der Waals surface area contributed by atoms with Crippen LogP contribution in [0, 0.1) is 16.0 Å². The van der Waals surface area contributed by atoms with Gasteiger partial charge in [0.15, 0.2) is 5.75 Å². The van der Waals surface area contributed by atoms with Crippen LogP contribution in [0.4, 0.5) is 5.69 Å². The van der Waals surface area contributed by atoms with Crippen LogP contribution >= 0.6 is 0 Å². The third-order valence-corrected chi connectivity index (χ3v) is 2.22. The summed E-state index contributed by atoms with van der Waals surface area (Å²) in [5.74, 6) is -0.165. The standard InChI is InChI=1S/C12H16N2O5/c1-8(2)7-19-13-12(15)9-4-5-10(14(16)17)11(6-9)18-3/h4-6,8H,7H2,1-3H3,(H,13,15). The van der Waals surface area contributed by atoms with Gasteiger partial charge in [-0.2, -0.15) is 0 Å². The van der Waals surface area contributed by atoms with E-state index in [9.17, 15) is 14.9 Å². The molecular weight excluding hydrogens is 252 g/mol. The van der Waals surface area contributed by atoms with Gasteiger partial charge >= 0.3 is 5.69 Å². The number of nitrogens with zero attached hydrogens (tertiary/aromatic N) is 1. The van der Waals surface area contributed by atoms with E-state index in [0.29, 0.717) is 6.61 Å². The summed E-state index contributed by atoms with van der Waals surface area (Å²) in [6.45, 7) is 4.28. The van der Waals surface area contributed by atoms with Crippen molar-refractivity contribution in [3.05, 3.63) is 33.9 Å². The number of benzene rings is 1. The minimum absolute atomic E-state index is 0.0292. The first-order valence-electron chi connectivity index (χ1n) is 5.70. The van der Waals surface area contributed by atoms with E-state index in [2.05, 4.69) is 5.48 Å². The molecule has 0 saturated carbocycles. The molecule has 19 heavy (non-hydrogen) atoms. The van der Waals surface area contributed by atoms with Crippen molar-refractivity contribution < 1.29 is 19.3 Å². The van der Waals surface area contributed by atoms with E-state index in [1.807, 2.05) is 13.8 Å². The molecular formula is C12H16N2O5. The largest absolute Gasteiger partial charge is 0.490 e. The van der Waals surface area contributed by atoms with Gasteiger partial charge in [-0.05, 0) is 12.0 Å². The van der Waals surface area contributed by atoms with Gasteiger partial charge in [-0.25, -0.2) is 5.48 Å². The van der Waals surface area contributed by atoms with Gasteiger partial charge in [0.05, 0.1) is 18.6 Å². The number of nitrogens with one attached hydrogen (secondary N) is 1. The minimum atomic E-state index is -0.574. The summed E-state index contributed by atoms with van der Waals surface area (Å²) in [5.41, 5.74) is 2.30. The number of ether oxygens (including phenoxy) is 1. The van der Waals surface area contributed by atoms with Gasteiger partial charge < -0.3 is 4.74 Å². The number of amides is 1. The second kappa shape index (κ2) is 6.69. The zero-order valence-corrected chi connectivity index (χ0v) is 11.0. The maximum Gasteiger partial charge on any atom is 0.310 e. The van der Waals surface area contributed by atoms with Gasteiger partial charge in [-0.15, -0.1) is 0 Å². The Bertz CT molecular complexity index is 473. The molecule has 7 nitrogen and oxygen atoms in total. The monoisotopic (exact) mass is 268 g/mol. The lowest BCUT2D eigenvalue weighted by molar-refractivity contribution is -0.385. The van der Waals surface area contributed by atoms with Gasteiger partial charge in [-0.3, -0.25) is 19.7 Å². The molecule has 0 aliphatic heterocycles. The smallest absolute Gasteiger partial charge is 0.310 e. The second-order valence-electron chi connectivity index (χ2n) is 4.28. The Morgan fingerprint density at radius 1 is 1.47 bits per heavy atom. The highest BCUT2D eigenvalue weighted by atomic mass is 16.7. The van der Waals surface area contributed by atoms with Crippen LogP contribution in [0.25, 0.3) is 0 Å². The van der Waals surface area contributed by atoms with Crippen LogP contribution in [0.1, 0.15) is 24.2 Å². The first kappa shape index (κ1) is 14.9. The number of hydrogen-bond donors (Lipinski definition) is 1. The number of carbonyl (C=O) groups excluding carboxylic acids is 1. The highest BCUT2D eigenvalue weighted by Crippen LogP contribution is 2.27. The molecule has 0 heterocycles. The van der Waals surface area contributed by atoms with Crippen LogP contribution in [0.5, 0.6) is 5.75 Å². The zero-order chi connectivity index (χ0) is 14.4. The van der Waals surface area contributed by atoms with Crippen molar-refractivity contribution in [2.45, 2.75) is 13.8 Å². The predicted octanol–water partition coefficient (Wildman–Crippen LogP) is 1.92. The van der Waals surface area contributed by atoms with Crippen molar-refractivity contribution in [2.75, 3.05) is 13.7 Å². The molecule has 104 valence electrons. The highest BCUT2D eigenvalue weighted by molar-refractivity contribution is 5.94. The average molecular weight is 268 g/mol. The molecule has 0 aromatic heterocycles. The molecule has 7 heteroatoms. The fourth-order valence-electron chi connectivity index (χ4n) is 1.30. The summed E-state index contributed by atoms with van der Waals surface area (Å²) < 4.78 is 4.88. The quantitative estimate of drug-likeness (QED) is 0.628. The molecule has 0 spiro atoms. The van der Waals surface area contributed by atoms with Crippen LogP contribution in [-0.2, 0) is 4.84 Å². The Hall–Kier alpha value is -2.15. The molecule has 1 amide bonds. The van der Waals surface area contributed by atoms with Crippen molar-refractivity contribution in [2.24, 2.45) is 5.92 Å². The maximum absolute atomic E-state index is 11.7. The van der Waals surface area contributed by atoms with Crippen LogP contribution in [0.2, 0.25) is 0 Å². The summed E-state index contributed by atoms with van der Waals surface area (Å²) in [6.07, 6.45) is 0. The zero-order valence-electron chi connectivity index (χ0n) is 11.0. The van der Waals surface area contributed by atoms with Crippen molar-refractivity contribution in [3.63, 3.8) is 0 Å². The molecule has 0 aliphatic carbocycles. The van der Waals surface area contributed by atoms with Crippen LogP contribution in [-0.4, -0.2) is 24.5 Å². The normalized spacial score (nSPS) is 10.3. The number of nitro benzene ring substituents is 1. The fourth-order valence-corrected chi connectivity index (χ4v) is 1.30. The number of hydrogen-bond acceptors (Lipinski definition) is 5. The lowest BCUT2D eigenvalue weighted by Crippen LogP contribution is -2.25. The molecule has 0 aliphatic rings. The van der Waals surface area contributed by atoms with E-state index in [0.717, 1.165) is 0 Å². The summed E-state index contributed by atoms with van der Waals surface area (Å²) in [5, 5.41) is 10.7. The summed E-state index contributed by atoms with van der Waals surface area (Å²) in [6, 6.07) is 3.86. The Kier molecular flexibility index (Phi) is 5.25. The molecule has 1 aromatic carbocycles. The van der Waals surface area contributed by atoms with Crippen molar-refractivity contribution in [1.29, 1.82) is 0 Å². The lowest BCUT2D eigenvalue weighted by Gasteiger charge is -2.08. The van der Waals surface area contributed by atoms with Crippen LogP contribution in [0.15, 0.2) is 18.2 Å².